The second kappa shape index (κ2) is 12.6. The van der Waals surface area contributed by atoms with Crippen molar-refractivity contribution >= 4 is 52.5 Å². The maximum atomic E-state index is 13.0. The van der Waals surface area contributed by atoms with Crippen LogP contribution in [0.15, 0.2) is 41.5 Å². The molecule has 0 bridgehead atoms. The number of aromatic nitrogens is 2. The van der Waals surface area contributed by atoms with Gasteiger partial charge in [-0.05, 0) is 44.7 Å². The molecule has 4 rings (SSSR count). The van der Waals surface area contributed by atoms with Gasteiger partial charge in [0.1, 0.15) is 11.7 Å². The molecular formula is C27H32Cl2N4O4S. The number of pyridine rings is 2. The van der Waals surface area contributed by atoms with Crippen molar-refractivity contribution in [2.75, 3.05) is 11.9 Å². The first kappa shape index (κ1) is 28.5. The van der Waals surface area contributed by atoms with Crippen molar-refractivity contribution in [1.29, 1.82) is 0 Å². The number of carbonyl (C=O) groups is 2. The van der Waals surface area contributed by atoms with Gasteiger partial charge in [-0.2, -0.15) is 0 Å². The molecule has 1 fully saturated rings. The number of halogens is 2. The lowest BCUT2D eigenvalue weighted by molar-refractivity contribution is -0.146. The highest BCUT2D eigenvalue weighted by atomic mass is 35.5. The summed E-state index contributed by atoms with van der Waals surface area (Å²) < 4.78 is 11.7. The summed E-state index contributed by atoms with van der Waals surface area (Å²) in [5.74, 6) is -0.805. The van der Waals surface area contributed by atoms with Crippen LogP contribution in [0.3, 0.4) is 0 Å². The van der Waals surface area contributed by atoms with Gasteiger partial charge in [0.25, 0.3) is 5.91 Å². The minimum absolute atomic E-state index is 0.140. The highest BCUT2D eigenvalue weighted by Crippen LogP contribution is 2.50. The van der Waals surface area contributed by atoms with Gasteiger partial charge in [-0.3, -0.25) is 14.8 Å². The average molecular weight is 580 g/mol. The number of hydrogen-bond donors (Lipinski definition) is 2. The van der Waals surface area contributed by atoms with Gasteiger partial charge < -0.3 is 20.1 Å². The van der Waals surface area contributed by atoms with E-state index in [4.69, 9.17) is 32.7 Å². The van der Waals surface area contributed by atoms with Crippen LogP contribution in [0.4, 0.5) is 5.69 Å². The number of nitrogens with one attached hydrogen (secondary N) is 2. The predicted molar refractivity (Wildman–Crippen MR) is 150 cm³/mol. The number of carbonyl (C=O) groups excluding carboxylic acids is 2. The van der Waals surface area contributed by atoms with E-state index in [0.29, 0.717) is 23.1 Å². The Labute approximate surface area is 237 Å². The molecule has 0 unspecified atom stereocenters. The molecule has 1 spiro atoms. The van der Waals surface area contributed by atoms with Gasteiger partial charge in [0.05, 0.1) is 34.1 Å². The van der Waals surface area contributed by atoms with Crippen molar-refractivity contribution in [2.24, 2.45) is 0 Å². The van der Waals surface area contributed by atoms with Crippen LogP contribution in [0.2, 0.25) is 10.0 Å². The lowest BCUT2D eigenvalue weighted by Gasteiger charge is -2.49. The summed E-state index contributed by atoms with van der Waals surface area (Å²) in [5.41, 5.74) is 1.93. The Hall–Kier alpha value is -2.49. The maximum Gasteiger partial charge on any atom is 0.328 e. The van der Waals surface area contributed by atoms with Crippen molar-refractivity contribution in [3.8, 4) is 0 Å². The number of ether oxygens (including phenoxy) is 2. The zero-order valence-electron chi connectivity index (χ0n) is 21.7. The average Bonchev–Trinajstić information content (AvgIpc) is 2.87. The summed E-state index contributed by atoms with van der Waals surface area (Å²) in [6.45, 7) is 6.31. The zero-order chi connectivity index (χ0) is 27.3. The third kappa shape index (κ3) is 6.55. The Kier molecular flexibility index (Phi) is 9.44. The van der Waals surface area contributed by atoms with Crippen LogP contribution in [-0.2, 0) is 20.7 Å². The molecule has 3 heterocycles. The van der Waals surface area contributed by atoms with Crippen LogP contribution in [0.25, 0.3) is 0 Å². The number of esters is 1. The van der Waals surface area contributed by atoms with Gasteiger partial charge in [0.2, 0.25) is 0 Å². The Morgan fingerprint density at radius 2 is 1.84 bits per heavy atom. The molecule has 38 heavy (non-hydrogen) atoms. The summed E-state index contributed by atoms with van der Waals surface area (Å²) in [5, 5.41) is 7.76. The molecule has 1 aliphatic heterocycles. The summed E-state index contributed by atoms with van der Waals surface area (Å²) >= 11 is 13.8. The van der Waals surface area contributed by atoms with E-state index in [1.54, 1.807) is 30.8 Å². The standard InChI is InChI=1S/C27H32Cl2N4O4S/c1-4-36-25(35)21(33-23-26(38-16(2)3)37-27(23)10-6-5-7-11-27)12-17-8-9-18(13-31-17)32-24(34)22-19(28)14-30-15-20(22)29/h8-9,13-16,21,33H,4-7,10-12H2,1-3H3,(H,32,34)/t21-/m0/s1. The van der Waals surface area contributed by atoms with Crippen LogP contribution in [0.5, 0.6) is 0 Å². The number of anilines is 1. The third-order valence-electron chi connectivity index (χ3n) is 6.42. The van der Waals surface area contributed by atoms with Crippen LogP contribution in [0, 0.1) is 0 Å². The lowest BCUT2D eigenvalue weighted by Crippen LogP contribution is -2.54. The molecule has 1 atom stereocenters. The first-order valence-corrected chi connectivity index (χ1v) is 14.4. The van der Waals surface area contributed by atoms with Crippen LogP contribution in [0.1, 0.15) is 68.9 Å². The zero-order valence-corrected chi connectivity index (χ0v) is 24.0. The summed E-state index contributed by atoms with van der Waals surface area (Å²) in [6, 6.07) is 2.86. The van der Waals surface area contributed by atoms with Crippen molar-refractivity contribution in [1.82, 2.24) is 15.3 Å². The molecular weight excluding hydrogens is 547 g/mol. The number of thioether (sulfide) groups is 1. The summed E-state index contributed by atoms with van der Waals surface area (Å²) in [4.78, 5) is 34.0. The normalized spacial score (nSPS) is 17.0. The number of hydrogen-bond acceptors (Lipinski definition) is 8. The van der Waals surface area contributed by atoms with Crippen molar-refractivity contribution < 1.29 is 19.1 Å². The molecule has 2 aromatic heterocycles. The Balaban J connectivity index is 1.50. The topological polar surface area (TPSA) is 102 Å². The van der Waals surface area contributed by atoms with E-state index >= 15 is 0 Å². The first-order chi connectivity index (χ1) is 18.2. The van der Waals surface area contributed by atoms with Gasteiger partial charge >= 0.3 is 5.97 Å². The minimum atomic E-state index is -0.627. The highest BCUT2D eigenvalue weighted by Gasteiger charge is 2.50. The smallest absolute Gasteiger partial charge is 0.328 e. The van der Waals surface area contributed by atoms with E-state index in [-0.39, 0.29) is 33.8 Å². The summed E-state index contributed by atoms with van der Waals surface area (Å²) in [7, 11) is 0. The number of nitrogens with zero attached hydrogens (tertiary/aromatic N) is 2. The largest absolute Gasteiger partial charge is 0.473 e. The predicted octanol–water partition coefficient (Wildman–Crippen LogP) is 6.14. The SMILES string of the molecule is CCOC(=O)[C@H](Cc1ccc(NC(=O)c2c(Cl)cncc2Cl)cn1)NC1=C(SC(C)C)OC12CCCCC2. The van der Waals surface area contributed by atoms with E-state index < -0.39 is 11.9 Å². The van der Waals surface area contributed by atoms with Crippen LogP contribution >= 0.6 is 35.0 Å². The van der Waals surface area contributed by atoms with E-state index in [1.165, 1.54) is 25.0 Å². The molecule has 0 aromatic carbocycles. The Morgan fingerprint density at radius 1 is 1.13 bits per heavy atom. The quantitative estimate of drug-likeness (QED) is 0.324. The van der Waals surface area contributed by atoms with Crippen molar-refractivity contribution in [2.45, 2.75) is 76.2 Å². The van der Waals surface area contributed by atoms with Crippen molar-refractivity contribution in [3.05, 3.63) is 62.8 Å². The Morgan fingerprint density at radius 3 is 2.45 bits per heavy atom. The van der Waals surface area contributed by atoms with Gasteiger partial charge in [-0.15, -0.1) is 0 Å². The third-order valence-corrected chi connectivity index (χ3v) is 7.96. The molecule has 1 saturated carbocycles. The second-order valence-electron chi connectivity index (χ2n) is 9.61. The first-order valence-electron chi connectivity index (χ1n) is 12.8. The molecule has 0 saturated heterocycles. The van der Waals surface area contributed by atoms with Crippen LogP contribution < -0.4 is 10.6 Å². The molecule has 2 aliphatic rings. The molecule has 11 heteroatoms. The van der Waals surface area contributed by atoms with E-state index in [9.17, 15) is 9.59 Å². The van der Waals surface area contributed by atoms with E-state index in [1.807, 2.05) is 0 Å². The van der Waals surface area contributed by atoms with Crippen molar-refractivity contribution in [3.63, 3.8) is 0 Å². The fraction of sp³-hybridized carbons (Fsp3) is 0.481. The molecule has 2 N–H and O–H groups in total. The fourth-order valence-corrected chi connectivity index (χ4v) is 6.18. The highest BCUT2D eigenvalue weighted by molar-refractivity contribution is 8.03. The fourth-order valence-electron chi connectivity index (χ4n) is 4.64. The summed E-state index contributed by atoms with van der Waals surface area (Å²) in [6.07, 6.45) is 9.82. The van der Waals surface area contributed by atoms with Gasteiger partial charge in [0.15, 0.2) is 10.7 Å². The maximum absolute atomic E-state index is 13.0. The molecule has 2 aromatic rings. The van der Waals surface area contributed by atoms with Gasteiger partial charge in [0, 0.05) is 29.8 Å². The van der Waals surface area contributed by atoms with E-state index in [0.717, 1.165) is 36.5 Å². The molecule has 1 aliphatic carbocycles. The second-order valence-corrected chi connectivity index (χ2v) is 12.0. The Bertz CT molecular complexity index is 1180. The van der Waals surface area contributed by atoms with Gasteiger partial charge in [-0.1, -0.05) is 55.2 Å². The molecule has 204 valence electrons. The van der Waals surface area contributed by atoms with E-state index in [2.05, 4.69) is 34.4 Å². The lowest BCUT2D eigenvalue weighted by atomic mass is 9.80. The number of amides is 1. The number of rotatable bonds is 10. The van der Waals surface area contributed by atoms with Gasteiger partial charge in [-0.25, -0.2) is 4.79 Å². The molecule has 0 radical (unpaired) electrons. The molecule has 1 amide bonds. The van der Waals surface area contributed by atoms with Crippen LogP contribution in [-0.4, -0.2) is 45.3 Å². The monoisotopic (exact) mass is 578 g/mol. The molecule has 8 nitrogen and oxygen atoms in total. The minimum Gasteiger partial charge on any atom is -0.473 e.